The lowest BCUT2D eigenvalue weighted by atomic mass is 10.1. The molecule has 0 aliphatic rings. The second-order valence-corrected chi connectivity index (χ2v) is 3.69. The Balaban J connectivity index is 2.79. The summed E-state index contributed by atoms with van der Waals surface area (Å²) in [4.78, 5) is 26.6. The van der Waals surface area contributed by atoms with Gasteiger partial charge in [0.15, 0.2) is 5.78 Å². The first-order valence-electron chi connectivity index (χ1n) is 5.16. The Bertz CT molecular complexity index is 518. The molecule has 0 aliphatic heterocycles. The molecule has 1 aromatic rings. The molecule has 0 aromatic heterocycles. The monoisotopic (exact) mass is 273 g/mol. The van der Waals surface area contributed by atoms with Gasteiger partial charge in [-0.15, -0.1) is 0 Å². The molecule has 1 rings (SSSR count). The number of ketones is 1. The Labute approximate surface area is 106 Å². The Morgan fingerprint density at radius 1 is 1.11 bits per heavy atom. The molecule has 0 amide bonds. The number of benzene rings is 1. The van der Waals surface area contributed by atoms with Gasteiger partial charge in [0.25, 0.3) is 0 Å². The van der Waals surface area contributed by atoms with Crippen molar-refractivity contribution in [1.29, 1.82) is 0 Å². The lowest BCUT2D eigenvalue weighted by Crippen LogP contribution is -2.09. The van der Waals surface area contributed by atoms with Gasteiger partial charge in [-0.1, -0.05) is 5.16 Å². The van der Waals surface area contributed by atoms with Crippen LogP contribution < -0.4 is 0 Å². The lowest BCUT2D eigenvalue weighted by molar-refractivity contribution is -0.137. The van der Waals surface area contributed by atoms with E-state index in [-0.39, 0.29) is 17.1 Å². The van der Waals surface area contributed by atoms with Crippen LogP contribution in [0.25, 0.3) is 0 Å². The first kappa shape index (κ1) is 14.9. The maximum absolute atomic E-state index is 12.3. The number of hydrogen-bond donors (Lipinski definition) is 0. The largest absolute Gasteiger partial charge is 0.416 e. The summed E-state index contributed by atoms with van der Waals surface area (Å²) in [5.74, 6) is -1.31. The first-order chi connectivity index (χ1) is 8.71. The molecule has 0 aliphatic carbocycles. The Hall–Kier alpha value is -2.18. The summed E-state index contributed by atoms with van der Waals surface area (Å²) in [6, 6.07) is 3.48. The van der Waals surface area contributed by atoms with Gasteiger partial charge in [0.2, 0.25) is 0 Å². The highest BCUT2D eigenvalue weighted by molar-refractivity contribution is 6.37. The summed E-state index contributed by atoms with van der Waals surface area (Å²) in [6.45, 7) is 2.59. The fourth-order valence-corrected chi connectivity index (χ4v) is 1.02. The molecule has 102 valence electrons. The molecule has 0 fully saturated rings. The molecular formula is C12H10F3NO3. The minimum atomic E-state index is -4.47. The van der Waals surface area contributed by atoms with Crippen LogP contribution in [0.4, 0.5) is 13.2 Å². The molecule has 0 unspecified atom stereocenters. The molecule has 19 heavy (non-hydrogen) atoms. The Morgan fingerprint density at radius 3 is 2.05 bits per heavy atom. The zero-order valence-electron chi connectivity index (χ0n) is 10.1. The van der Waals surface area contributed by atoms with Crippen LogP contribution in [0.2, 0.25) is 0 Å². The normalized spacial score (nSPS) is 12.2. The second kappa shape index (κ2) is 5.64. The third-order valence-corrected chi connectivity index (χ3v) is 2.22. The van der Waals surface area contributed by atoms with Crippen molar-refractivity contribution in [2.75, 3.05) is 0 Å². The Kier molecular flexibility index (Phi) is 4.42. The fourth-order valence-electron chi connectivity index (χ4n) is 1.02. The highest BCUT2D eigenvalue weighted by atomic mass is 19.4. The number of oxime groups is 1. The van der Waals surface area contributed by atoms with Crippen LogP contribution in [0, 0.1) is 0 Å². The molecule has 0 atom stereocenters. The average Bonchev–Trinajstić information content (AvgIpc) is 2.34. The number of nitrogens with zero attached hydrogens (tertiary/aromatic N) is 1. The third kappa shape index (κ3) is 4.20. The highest BCUT2D eigenvalue weighted by Gasteiger charge is 2.30. The van der Waals surface area contributed by atoms with E-state index in [2.05, 4.69) is 9.99 Å². The van der Waals surface area contributed by atoms with Crippen molar-refractivity contribution in [3.63, 3.8) is 0 Å². The predicted molar refractivity (Wildman–Crippen MR) is 60.6 cm³/mol. The van der Waals surface area contributed by atoms with Crippen molar-refractivity contribution in [3.05, 3.63) is 35.4 Å². The van der Waals surface area contributed by atoms with E-state index < -0.39 is 17.7 Å². The minimum absolute atomic E-state index is 0.0136. The molecular weight excluding hydrogens is 263 g/mol. The van der Waals surface area contributed by atoms with Crippen molar-refractivity contribution in [3.8, 4) is 0 Å². The molecule has 0 spiro atoms. The summed E-state index contributed by atoms with van der Waals surface area (Å²) in [5, 5.41) is 3.27. The van der Waals surface area contributed by atoms with Crippen molar-refractivity contribution >= 4 is 17.5 Å². The van der Waals surface area contributed by atoms with E-state index in [9.17, 15) is 22.8 Å². The minimum Gasteiger partial charge on any atom is -0.312 e. The standard InChI is InChI=1S/C12H10F3NO3/c1-7(8(2)17)16-19-11(18)9-3-5-10(6-4-9)12(13,14)15/h3-6H,1-2H3. The summed E-state index contributed by atoms with van der Waals surface area (Å²) >= 11 is 0. The van der Waals surface area contributed by atoms with Gasteiger partial charge in [-0.2, -0.15) is 13.2 Å². The van der Waals surface area contributed by atoms with Crippen LogP contribution in [-0.4, -0.2) is 17.5 Å². The van der Waals surface area contributed by atoms with Crippen LogP contribution >= 0.6 is 0 Å². The van der Waals surface area contributed by atoms with Crippen LogP contribution in [-0.2, 0) is 15.8 Å². The highest BCUT2D eigenvalue weighted by Crippen LogP contribution is 2.29. The number of alkyl halides is 3. The quantitative estimate of drug-likeness (QED) is 0.483. The molecule has 0 heterocycles. The van der Waals surface area contributed by atoms with E-state index in [0.29, 0.717) is 0 Å². The van der Waals surface area contributed by atoms with E-state index in [1.807, 2.05) is 0 Å². The lowest BCUT2D eigenvalue weighted by Gasteiger charge is -2.06. The van der Waals surface area contributed by atoms with Gasteiger partial charge in [-0.25, -0.2) is 4.79 Å². The van der Waals surface area contributed by atoms with E-state index in [1.165, 1.54) is 13.8 Å². The van der Waals surface area contributed by atoms with Crippen molar-refractivity contribution in [1.82, 2.24) is 0 Å². The molecule has 7 heteroatoms. The van der Waals surface area contributed by atoms with E-state index in [1.54, 1.807) is 0 Å². The van der Waals surface area contributed by atoms with Crippen molar-refractivity contribution in [2.45, 2.75) is 20.0 Å². The number of rotatable bonds is 3. The first-order valence-corrected chi connectivity index (χ1v) is 5.16. The van der Waals surface area contributed by atoms with Gasteiger partial charge >= 0.3 is 12.1 Å². The number of Topliss-reactive ketones (excluding diaryl/α,β-unsaturated/α-hetero) is 1. The number of carbonyl (C=O) groups is 2. The molecule has 0 bridgehead atoms. The molecule has 4 nitrogen and oxygen atoms in total. The summed E-state index contributed by atoms with van der Waals surface area (Å²) < 4.78 is 36.9. The third-order valence-electron chi connectivity index (χ3n) is 2.22. The summed E-state index contributed by atoms with van der Waals surface area (Å²) in [5.41, 5.74) is -0.971. The molecule has 0 N–H and O–H groups in total. The summed E-state index contributed by atoms with van der Waals surface area (Å²) in [7, 11) is 0. The topological polar surface area (TPSA) is 55.7 Å². The van der Waals surface area contributed by atoms with E-state index in [4.69, 9.17) is 0 Å². The van der Waals surface area contributed by atoms with Crippen LogP contribution in [0.15, 0.2) is 29.4 Å². The van der Waals surface area contributed by atoms with Gasteiger partial charge in [0, 0.05) is 6.92 Å². The summed E-state index contributed by atoms with van der Waals surface area (Å²) in [6.07, 6.45) is -4.47. The van der Waals surface area contributed by atoms with E-state index in [0.717, 1.165) is 24.3 Å². The fraction of sp³-hybridized carbons (Fsp3) is 0.250. The predicted octanol–water partition coefficient (Wildman–Crippen LogP) is 2.83. The van der Waals surface area contributed by atoms with Gasteiger partial charge in [0.1, 0.15) is 5.71 Å². The van der Waals surface area contributed by atoms with Crippen molar-refractivity contribution in [2.24, 2.45) is 5.16 Å². The second-order valence-electron chi connectivity index (χ2n) is 3.69. The van der Waals surface area contributed by atoms with Crippen LogP contribution in [0.3, 0.4) is 0 Å². The smallest absolute Gasteiger partial charge is 0.312 e. The van der Waals surface area contributed by atoms with Crippen molar-refractivity contribution < 1.29 is 27.6 Å². The zero-order valence-corrected chi connectivity index (χ0v) is 10.1. The van der Waals surface area contributed by atoms with Crippen LogP contribution in [0.5, 0.6) is 0 Å². The number of hydrogen-bond acceptors (Lipinski definition) is 4. The average molecular weight is 273 g/mol. The van der Waals surface area contributed by atoms with Gasteiger partial charge in [-0.05, 0) is 31.2 Å². The molecule has 0 saturated heterocycles. The van der Waals surface area contributed by atoms with Gasteiger partial charge in [-0.3, -0.25) is 4.79 Å². The van der Waals surface area contributed by atoms with Crippen LogP contribution in [0.1, 0.15) is 29.8 Å². The van der Waals surface area contributed by atoms with Gasteiger partial charge in [0.05, 0.1) is 11.1 Å². The SMILES string of the molecule is CC(=O)C(C)=NOC(=O)c1ccc(C(F)(F)F)cc1. The maximum atomic E-state index is 12.3. The molecule has 0 radical (unpaired) electrons. The molecule has 1 aromatic carbocycles. The molecule has 0 saturated carbocycles. The van der Waals surface area contributed by atoms with E-state index >= 15 is 0 Å². The van der Waals surface area contributed by atoms with Gasteiger partial charge < -0.3 is 4.84 Å². The maximum Gasteiger partial charge on any atom is 0.416 e. The Morgan fingerprint density at radius 2 is 1.63 bits per heavy atom. The zero-order chi connectivity index (χ0) is 14.6. The number of halogens is 3. The number of carbonyl (C=O) groups excluding carboxylic acids is 2.